The van der Waals surface area contributed by atoms with Crippen LogP contribution in [0.3, 0.4) is 0 Å². The number of H-pyrrole nitrogens is 1. The molecule has 0 aliphatic rings. The number of nitrogens with zero attached hydrogens (tertiary/aromatic N) is 1. The first-order valence-electron chi connectivity index (χ1n) is 10.5. The Kier molecular flexibility index (Phi) is 6.72. The summed E-state index contributed by atoms with van der Waals surface area (Å²) < 4.78 is 0. The highest BCUT2D eigenvalue weighted by atomic mass is 16.5. The number of hydroxylamine groups is 1. The molecule has 158 valence electrons. The first-order chi connectivity index (χ1) is 15.2. The molecule has 0 aliphatic carbocycles. The van der Waals surface area contributed by atoms with Crippen molar-refractivity contribution in [1.82, 2.24) is 20.8 Å². The molecule has 31 heavy (non-hydrogen) atoms. The lowest BCUT2D eigenvalue weighted by molar-refractivity contribution is -0.129. The number of para-hydroxylation sites is 1. The van der Waals surface area contributed by atoms with Gasteiger partial charge in [-0.1, -0.05) is 48.5 Å². The van der Waals surface area contributed by atoms with Crippen LogP contribution in [0.25, 0.3) is 22.3 Å². The van der Waals surface area contributed by atoms with E-state index in [2.05, 4.69) is 45.6 Å². The van der Waals surface area contributed by atoms with Crippen molar-refractivity contribution in [1.29, 1.82) is 0 Å². The summed E-state index contributed by atoms with van der Waals surface area (Å²) in [5, 5.41) is 13.3. The molecule has 4 aromatic rings. The number of nitrogens with one attached hydrogen (secondary N) is 3. The zero-order valence-electron chi connectivity index (χ0n) is 17.3. The first kappa shape index (κ1) is 20.8. The number of aromatic nitrogens is 2. The Morgan fingerprint density at radius 1 is 0.935 bits per heavy atom. The third-order valence-electron chi connectivity index (χ3n) is 5.40. The summed E-state index contributed by atoms with van der Waals surface area (Å²) in [4.78, 5) is 19.2. The molecule has 0 saturated heterocycles. The average molecular weight is 415 g/mol. The molecule has 0 atom stereocenters. The van der Waals surface area contributed by atoms with E-state index < -0.39 is 0 Å². The van der Waals surface area contributed by atoms with Crippen LogP contribution < -0.4 is 10.8 Å². The molecule has 0 spiro atoms. The molecule has 0 radical (unpaired) electrons. The standard InChI is InChI=1S/C25H26N4O2/c30-24(29-31)13-12-18-8-10-19(11-9-18)17-26-16-14-21-20-5-1-2-6-22(20)28-25(21)23-7-3-4-15-27-23/h1-11,15,26,28,31H,12-14,16-17H2,(H,29,30). The molecule has 4 N–H and O–H groups in total. The monoisotopic (exact) mass is 414 g/mol. The molecule has 2 heterocycles. The maximum absolute atomic E-state index is 11.1. The van der Waals surface area contributed by atoms with Crippen molar-refractivity contribution in [3.63, 3.8) is 0 Å². The molecule has 6 heteroatoms. The van der Waals surface area contributed by atoms with Crippen LogP contribution in [0.2, 0.25) is 0 Å². The van der Waals surface area contributed by atoms with E-state index in [0.717, 1.165) is 42.0 Å². The molecule has 6 nitrogen and oxygen atoms in total. The molecule has 0 aliphatic heterocycles. The van der Waals surface area contributed by atoms with Gasteiger partial charge < -0.3 is 10.3 Å². The van der Waals surface area contributed by atoms with Gasteiger partial charge in [0.15, 0.2) is 0 Å². The van der Waals surface area contributed by atoms with Crippen molar-refractivity contribution in [3.05, 3.63) is 89.6 Å². The number of fused-ring (bicyclic) bond motifs is 1. The molecule has 0 unspecified atom stereocenters. The van der Waals surface area contributed by atoms with Crippen LogP contribution in [0.1, 0.15) is 23.1 Å². The molecule has 2 aromatic carbocycles. The zero-order valence-corrected chi connectivity index (χ0v) is 17.3. The number of hydrogen-bond acceptors (Lipinski definition) is 4. The van der Waals surface area contributed by atoms with Crippen LogP contribution in [0.15, 0.2) is 72.9 Å². The van der Waals surface area contributed by atoms with Crippen molar-refractivity contribution >= 4 is 16.8 Å². The molecular formula is C25H26N4O2. The number of amides is 1. The minimum absolute atomic E-state index is 0.275. The second kappa shape index (κ2) is 10.0. The smallest absolute Gasteiger partial charge is 0.243 e. The van der Waals surface area contributed by atoms with Crippen LogP contribution >= 0.6 is 0 Å². The fraction of sp³-hybridized carbons (Fsp3) is 0.200. The van der Waals surface area contributed by atoms with E-state index in [1.807, 2.05) is 42.6 Å². The van der Waals surface area contributed by atoms with E-state index in [-0.39, 0.29) is 12.3 Å². The van der Waals surface area contributed by atoms with E-state index in [4.69, 9.17) is 5.21 Å². The Morgan fingerprint density at radius 3 is 2.48 bits per heavy atom. The molecule has 2 aromatic heterocycles. The Bertz CT molecular complexity index is 1140. The van der Waals surface area contributed by atoms with Crippen LogP contribution in [-0.4, -0.2) is 27.6 Å². The predicted octanol–water partition coefficient (Wildman–Crippen LogP) is 4.00. The van der Waals surface area contributed by atoms with Gasteiger partial charge in [0.2, 0.25) is 5.91 Å². The Balaban J connectivity index is 1.37. The molecule has 1 amide bonds. The van der Waals surface area contributed by atoms with Gasteiger partial charge >= 0.3 is 0 Å². The van der Waals surface area contributed by atoms with Gasteiger partial charge in [-0.15, -0.1) is 0 Å². The fourth-order valence-electron chi connectivity index (χ4n) is 3.77. The van der Waals surface area contributed by atoms with Gasteiger partial charge in [-0.2, -0.15) is 0 Å². The van der Waals surface area contributed by atoms with E-state index >= 15 is 0 Å². The highest BCUT2D eigenvalue weighted by Gasteiger charge is 2.13. The number of rotatable bonds is 9. The molecular weight excluding hydrogens is 388 g/mol. The van der Waals surface area contributed by atoms with Crippen molar-refractivity contribution in [2.75, 3.05) is 6.54 Å². The number of aryl methyl sites for hydroxylation is 1. The third kappa shape index (κ3) is 5.17. The van der Waals surface area contributed by atoms with Crippen LogP contribution in [0, 0.1) is 0 Å². The summed E-state index contributed by atoms with van der Waals surface area (Å²) in [6, 6.07) is 22.6. The quantitative estimate of drug-likeness (QED) is 0.189. The SMILES string of the molecule is O=C(CCc1ccc(CNCCc2c(-c3ccccn3)[nH]c3ccccc23)cc1)NO. The van der Waals surface area contributed by atoms with Crippen molar-refractivity contribution in [2.24, 2.45) is 0 Å². The van der Waals surface area contributed by atoms with Gasteiger partial charge in [0.25, 0.3) is 0 Å². The van der Waals surface area contributed by atoms with Gasteiger partial charge in [0.05, 0.1) is 11.4 Å². The molecule has 0 fully saturated rings. The van der Waals surface area contributed by atoms with Crippen molar-refractivity contribution in [3.8, 4) is 11.4 Å². The van der Waals surface area contributed by atoms with E-state index in [0.29, 0.717) is 6.42 Å². The highest BCUT2D eigenvalue weighted by Crippen LogP contribution is 2.29. The maximum atomic E-state index is 11.1. The number of pyridine rings is 1. The Morgan fingerprint density at radius 2 is 1.71 bits per heavy atom. The fourth-order valence-corrected chi connectivity index (χ4v) is 3.77. The third-order valence-corrected chi connectivity index (χ3v) is 5.40. The van der Waals surface area contributed by atoms with Crippen LogP contribution in [0.4, 0.5) is 0 Å². The van der Waals surface area contributed by atoms with Gasteiger partial charge in [-0.3, -0.25) is 15.0 Å². The number of aromatic amines is 1. The lowest BCUT2D eigenvalue weighted by atomic mass is 10.0. The van der Waals surface area contributed by atoms with E-state index in [9.17, 15) is 4.79 Å². The van der Waals surface area contributed by atoms with Gasteiger partial charge in [0, 0.05) is 30.1 Å². The van der Waals surface area contributed by atoms with E-state index in [1.165, 1.54) is 16.5 Å². The minimum Gasteiger partial charge on any atom is -0.353 e. The number of hydrogen-bond donors (Lipinski definition) is 4. The zero-order chi connectivity index (χ0) is 21.5. The normalized spacial score (nSPS) is 11.0. The second-order valence-corrected chi connectivity index (χ2v) is 7.52. The van der Waals surface area contributed by atoms with Crippen molar-refractivity contribution in [2.45, 2.75) is 25.8 Å². The summed E-state index contributed by atoms with van der Waals surface area (Å²) in [6.07, 6.45) is 3.60. The van der Waals surface area contributed by atoms with Gasteiger partial charge in [-0.05, 0) is 54.3 Å². The number of carbonyl (C=O) groups is 1. The summed E-state index contributed by atoms with van der Waals surface area (Å²) >= 11 is 0. The second-order valence-electron chi connectivity index (χ2n) is 7.52. The maximum Gasteiger partial charge on any atom is 0.243 e. The highest BCUT2D eigenvalue weighted by molar-refractivity contribution is 5.90. The van der Waals surface area contributed by atoms with E-state index in [1.54, 1.807) is 5.48 Å². The molecule has 0 bridgehead atoms. The number of carbonyl (C=O) groups excluding carboxylic acids is 1. The minimum atomic E-state index is -0.368. The lowest BCUT2D eigenvalue weighted by Crippen LogP contribution is -2.18. The number of benzene rings is 2. The van der Waals surface area contributed by atoms with Crippen molar-refractivity contribution < 1.29 is 10.0 Å². The van der Waals surface area contributed by atoms with Gasteiger partial charge in [0.1, 0.15) is 0 Å². The molecule has 4 rings (SSSR count). The molecule has 0 saturated carbocycles. The van der Waals surface area contributed by atoms with Crippen LogP contribution in [0.5, 0.6) is 0 Å². The summed E-state index contributed by atoms with van der Waals surface area (Å²) in [7, 11) is 0. The Hall–Kier alpha value is -3.48. The average Bonchev–Trinajstić information content (AvgIpc) is 3.20. The summed E-state index contributed by atoms with van der Waals surface area (Å²) in [5.74, 6) is -0.368. The first-order valence-corrected chi connectivity index (χ1v) is 10.5. The topological polar surface area (TPSA) is 90.0 Å². The summed E-state index contributed by atoms with van der Waals surface area (Å²) in [5.41, 5.74) is 8.38. The summed E-state index contributed by atoms with van der Waals surface area (Å²) in [6.45, 7) is 1.62. The van der Waals surface area contributed by atoms with Gasteiger partial charge in [-0.25, -0.2) is 5.48 Å². The van der Waals surface area contributed by atoms with Crippen LogP contribution in [-0.2, 0) is 24.2 Å². The predicted molar refractivity (Wildman–Crippen MR) is 122 cm³/mol. The Labute approximate surface area is 181 Å². The lowest BCUT2D eigenvalue weighted by Gasteiger charge is -2.08. The largest absolute Gasteiger partial charge is 0.353 e.